The molecule has 1 fully saturated rings. The zero-order valence-electron chi connectivity index (χ0n) is 12.3. The van der Waals surface area contributed by atoms with E-state index in [1.165, 1.54) is 0 Å². The lowest BCUT2D eigenvalue weighted by atomic mass is 10.0. The predicted octanol–water partition coefficient (Wildman–Crippen LogP) is 1.91. The highest BCUT2D eigenvalue weighted by Gasteiger charge is 2.21. The maximum absolute atomic E-state index is 12.1. The van der Waals surface area contributed by atoms with Crippen LogP contribution in [-0.2, 0) is 4.74 Å². The summed E-state index contributed by atoms with van der Waals surface area (Å²) in [6.45, 7) is 3.79. The van der Waals surface area contributed by atoms with Crippen LogP contribution in [0.2, 0.25) is 0 Å². The number of hydrogen-bond donors (Lipinski definition) is 3. The van der Waals surface area contributed by atoms with E-state index in [2.05, 4.69) is 10.3 Å². The molecule has 0 spiro atoms. The van der Waals surface area contributed by atoms with Gasteiger partial charge in [0, 0.05) is 31.8 Å². The van der Waals surface area contributed by atoms with Crippen molar-refractivity contribution in [3.63, 3.8) is 0 Å². The van der Waals surface area contributed by atoms with E-state index >= 15 is 0 Å². The number of carbonyl (C=O) groups excluding carboxylic acids is 1. The fourth-order valence-corrected chi connectivity index (χ4v) is 2.49. The van der Waals surface area contributed by atoms with Gasteiger partial charge in [-0.25, -0.2) is 9.59 Å². The third kappa shape index (κ3) is 3.98. The van der Waals surface area contributed by atoms with E-state index in [9.17, 15) is 9.59 Å². The summed E-state index contributed by atoms with van der Waals surface area (Å²) in [6, 6.07) is 1.29. The van der Waals surface area contributed by atoms with E-state index < -0.39 is 5.97 Å². The molecular weight excluding hydrogens is 274 g/mol. The maximum Gasteiger partial charge on any atom is 0.354 e. The molecule has 1 aliphatic rings. The van der Waals surface area contributed by atoms with Crippen LogP contribution in [0.25, 0.3) is 0 Å². The number of nitrogens with zero attached hydrogens (tertiary/aromatic N) is 1. The molecule has 7 nitrogen and oxygen atoms in total. The molecule has 7 heteroatoms. The Kier molecular flexibility index (Phi) is 4.85. The number of nitrogens with one attached hydrogen (secondary N) is 2. The van der Waals surface area contributed by atoms with Crippen molar-refractivity contribution in [2.75, 3.05) is 32.1 Å². The van der Waals surface area contributed by atoms with Gasteiger partial charge in [0.15, 0.2) is 0 Å². The van der Waals surface area contributed by atoms with Crippen LogP contribution in [0, 0.1) is 12.8 Å². The fraction of sp³-hybridized carbons (Fsp3) is 0.571. The number of aromatic amines is 1. The van der Waals surface area contributed by atoms with Gasteiger partial charge in [-0.05, 0) is 25.8 Å². The van der Waals surface area contributed by atoms with Gasteiger partial charge in [0.2, 0.25) is 0 Å². The van der Waals surface area contributed by atoms with Crippen molar-refractivity contribution < 1.29 is 19.4 Å². The minimum Gasteiger partial charge on any atom is -0.477 e. The summed E-state index contributed by atoms with van der Waals surface area (Å²) >= 11 is 0. The lowest BCUT2D eigenvalue weighted by Gasteiger charge is -2.27. The molecule has 0 aromatic carbocycles. The summed E-state index contributed by atoms with van der Waals surface area (Å²) in [5, 5.41) is 11.7. The molecule has 1 aliphatic heterocycles. The molecule has 116 valence electrons. The van der Waals surface area contributed by atoms with E-state index in [1.807, 2.05) is 0 Å². The monoisotopic (exact) mass is 295 g/mol. The average Bonchev–Trinajstić information content (AvgIpc) is 2.81. The third-order valence-electron chi connectivity index (χ3n) is 3.54. The lowest BCUT2D eigenvalue weighted by Crippen LogP contribution is -2.37. The topological polar surface area (TPSA) is 94.7 Å². The fourth-order valence-electron chi connectivity index (χ4n) is 2.49. The number of carboxylic acids is 1. The number of urea groups is 1. The number of anilines is 1. The number of carbonyl (C=O) groups is 2. The number of H-pyrrole nitrogens is 1. The summed E-state index contributed by atoms with van der Waals surface area (Å²) in [4.78, 5) is 27.5. The Morgan fingerprint density at radius 1 is 1.57 bits per heavy atom. The van der Waals surface area contributed by atoms with E-state index in [1.54, 1.807) is 24.9 Å². The van der Waals surface area contributed by atoms with Crippen LogP contribution in [0.15, 0.2) is 6.07 Å². The van der Waals surface area contributed by atoms with Crippen LogP contribution in [0.1, 0.15) is 29.0 Å². The molecule has 0 bridgehead atoms. The molecule has 0 radical (unpaired) electrons. The highest BCUT2D eigenvalue weighted by molar-refractivity contribution is 5.99. The van der Waals surface area contributed by atoms with Crippen LogP contribution in [-0.4, -0.2) is 53.8 Å². The van der Waals surface area contributed by atoms with Crippen molar-refractivity contribution in [1.82, 2.24) is 9.88 Å². The molecule has 0 aliphatic carbocycles. The molecule has 0 saturated carbocycles. The third-order valence-corrected chi connectivity index (χ3v) is 3.54. The summed E-state index contributed by atoms with van der Waals surface area (Å²) in [5.74, 6) is -0.761. The number of aromatic carboxylic acids is 1. The molecule has 21 heavy (non-hydrogen) atoms. The van der Waals surface area contributed by atoms with Crippen LogP contribution < -0.4 is 5.32 Å². The second kappa shape index (κ2) is 6.62. The number of aromatic nitrogens is 1. The number of aryl methyl sites for hydroxylation is 1. The zero-order chi connectivity index (χ0) is 15.4. The summed E-state index contributed by atoms with van der Waals surface area (Å²) in [5.41, 5.74) is 0.970. The Morgan fingerprint density at radius 3 is 2.95 bits per heavy atom. The smallest absolute Gasteiger partial charge is 0.354 e. The molecule has 1 atom stereocenters. The van der Waals surface area contributed by atoms with Gasteiger partial charge in [-0.2, -0.15) is 0 Å². The zero-order valence-corrected chi connectivity index (χ0v) is 12.3. The minimum atomic E-state index is -1.10. The molecule has 1 aromatic heterocycles. The molecule has 2 amide bonds. The summed E-state index contributed by atoms with van der Waals surface area (Å²) in [6.07, 6.45) is 2.06. The number of ether oxygens (including phenoxy) is 1. The van der Waals surface area contributed by atoms with E-state index in [0.29, 0.717) is 24.8 Å². The van der Waals surface area contributed by atoms with Gasteiger partial charge in [0.05, 0.1) is 12.3 Å². The maximum atomic E-state index is 12.1. The Bertz CT molecular complexity index is 520. The number of rotatable bonds is 4. The Labute approximate surface area is 123 Å². The SMILES string of the molecule is Cc1cc(NC(=O)N(C)CC2CCCOC2)c(C(=O)O)[nH]1. The largest absolute Gasteiger partial charge is 0.477 e. The molecular formula is C14H21N3O4. The van der Waals surface area contributed by atoms with Gasteiger partial charge in [0.25, 0.3) is 0 Å². The minimum absolute atomic E-state index is 0.00440. The van der Waals surface area contributed by atoms with Crippen LogP contribution in [0.5, 0.6) is 0 Å². The van der Waals surface area contributed by atoms with Gasteiger partial charge in [-0.1, -0.05) is 0 Å². The molecule has 2 rings (SSSR count). The van der Waals surface area contributed by atoms with Crippen molar-refractivity contribution in [2.45, 2.75) is 19.8 Å². The number of carboxylic acid groups (broad SMARTS) is 1. The Balaban J connectivity index is 1.95. The quantitative estimate of drug-likeness (QED) is 0.790. The molecule has 1 unspecified atom stereocenters. The van der Waals surface area contributed by atoms with E-state index in [4.69, 9.17) is 9.84 Å². The number of hydrogen-bond acceptors (Lipinski definition) is 3. The Hall–Kier alpha value is -2.02. The first-order chi connectivity index (χ1) is 9.97. The van der Waals surface area contributed by atoms with Gasteiger partial charge < -0.3 is 25.0 Å². The van der Waals surface area contributed by atoms with E-state index in [0.717, 1.165) is 19.4 Å². The first kappa shape index (κ1) is 15.4. The number of amides is 2. The summed E-state index contributed by atoms with van der Waals surface area (Å²) < 4.78 is 5.39. The first-order valence-electron chi connectivity index (χ1n) is 7.00. The summed E-state index contributed by atoms with van der Waals surface area (Å²) in [7, 11) is 1.70. The molecule has 1 aromatic rings. The highest BCUT2D eigenvalue weighted by atomic mass is 16.5. The van der Waals surface area contributed by atoms with Gasteiger partial charge >= 0.3 is 12.0 Å². The van der Waals surface area contributed by atoms with Gasteiger partial charge in [-0.3, -0.25) is 0 Å². The second-order valence-electron chi connectivity index (χ2n) is 5.44. The lowest BCUT2D eigenvalue weighted by molar-refractivity contribution is 0.0464. The van der Waals surface area contributed by atoms with Crippen molar-refractivity contribution in [2.24, 2.45) is 5.92 Å². The molecule has 3 N–H and O–H groups in total. The predicted molar refractivity (Wildman–Crippen MR) is 77.7 cm³/mol. The van der Waals surface area contributed by atoms with Crippen molar-refractivity contribution in [3.05, 3.63) is 17.5 Å². The second-order valence-corrected chi connectivity index (χ2v) is 5.44. The van der Waals surface area contributed by atoms with Crippen molar-refractivity contribution in [3.8, 4) is 0 Å². The average molecular weight is 295 g/mol. The van der Waals surface area contributed by atoms with Crippen molar-refractivity contribution >= 4 is 17.7 Å². The van der Waals surface area contributed by atoms with Crippen LogP contribution >= 0.6 is 0 Å². The van der Waals surface area contributed by atoms with E-state index in [-0.39, 0.29) is 17.4 Å². The normalized spacial score (nSPS) is 18.3. The standard InChI is InChI=1S/C14H21N3O4/c1-9-6-11(12(15-9)13(18)19)16-14(20)17(2)7-10-4-3-5-21-8-10/h6,10,15H,3-5,7-8H2,1-2H3,(H,16,20)(H,18,19). The van der Waals surface area contributed by atoms with Crippen molar-refractivity contribution in [1.29, 1.82) is 0 Å². The van der Waals surface area contributed by atoms with Gasteiger partial charge in [0.1, 0.15) is 5.69 Å². The molecule has 2 heterocycles. The molecule has 1 saturated heterocycles. The highest BCUT2D eigenvalue weighted by Crippen LogP contribution is 2.18. The van der Waals surface area contributed by atoms with Crippen LogP contribution in [0.4, 0.5) is 10.5 Å². The van der Waals surface area contributed by atoms with Gasteiger partial charge in [-0.15, -0.1) is 0 Å². The first-order valence-corrected chi connectivity index (χ1v) is 7.00. The Morgan fingerprint density at radius 2 is 2.33 bits per heavy atom. The van der Waals surface area contributed by atoms with Crippen LogP contribution in [0.3, 0.4) is 0 Å².